The molecule has 1 heterocycles. The van der Waals surface area contributed by atoms with Crippen molar-refractivity contribution in [3.63, 3.8) is 0 Å². The molecule has 0 aromatic heterocycles. The second-order valence-corrected chi connectivity index (χ2v) is 7.05. The van der Waals surface area contributed by atoms with Gasteiger partial charge in [-0.1, -0.05) is 12.1 Å². The molecule has 0 radical (unpaired) electrons. The summed E-state index contributed by atoms with van der Waals surface area (Å²) < 4.78 is 26.9. The third-order valence-corrected chi connectivity index (χ3v) is 5.84. The second-order valence-electron chi connectivity index (χ2n) is 5.17. The van der Waals surface area contributed by atoms with E-state index < -0.39 is 14.9 Å². The summed E-state index contributed by atoms with van der Waals surface area (Å²) >= 11 is 0. The minimum atomic E-state index is -3.86. The van der Waals surface area contributed by atoms with Crippen molar-refractivity contribution in [2.75, 3.05) is 20.1 Å². The van der Waals surface area contributed by atoms with Gasteiger partial charge in [-0.2, -0.15) is 4.31 Å². The molecular weight excluding hydrogens is 294 g/mol. The van der Waals surface area contributed by atoms with Crippen molar-refractivity contribution in [2.45, 2.75) is 30.7 Å². The Morgan fingerprint density at radius 3 is 2.76 bits per heavy atom. The number of aryl methyl sites for hydroxylation is 1. The van der Waals surface area contributed by atoms with Crippen molar-refractivity contribution in [3.8, 4) is 0 Å². The van der Waals surface area contributed by atoms with E-state index in [1.165, 1.54) is 16.4 Å². The van der Waals surface area contributed by atoms with Gasteiger partial charge in [0, 0.05) is 25.2 Å². The van der Waals surface area contributed by atoms with E-state index in [-0.39, 0.29) is 16.6 Å². The third-order valence-electron chi connectivity index (χ3n) is 3.78. The molecule has 1 atom stereocenters. The van der Waals surface area contributed by atoms with E-state index in [4.69, 9.17) is 0 Å². The Labute approximate surface area is 124 Å². The van der Waals surface area contributed by atoms with Gasteiger partial charge in [-0.05, 0) is 32.4 Å². The number of sulfonamides is 1. The first-order valence-electron chi connectivity index (χ1n) is 6.79. The number of nitro benzene ring substituents is 1. The first-order chi connectivity index (χ1) is 9.87. The van der Waals surface area contributed by atoms with Gasteiger partial charge in [0.15, 0.2) is 4.90 Å². The zero-order valence-corrected chi connectivity index (χ0v) is 12.9. The predicted molar refractivity (Wildman–Crippen MR) is 78.7 cm³/mol. The Morgan fingerprint density at radius 1 is 1.43 bits per heavy atom. The van der Waals surface area contributed by atoms with Crippen LogP contribution in [0.4, 0.5) is 5.69 Å². The molecule has 0 aliphatic carbocycles. The van der Waals surface area contributed by atoms with Crippen LogP contribution in [0, 0.1) is 17.0 Å². The summed E-state index contributed by atoms with van der Waals surface area (Å²) in [5, 5.41) is 14.2. The minimum Gasteiger partial charge on any atom is -0.316 e. The van der Waals surface area contributed by atoms with Crippen LogP contribution in [-0.2, 0) is 10.0 Å². The Kier molecular flexibility index (Phi) is 4.60. The number of rotatable bonds is 4. The zero-order valence-electron chi connectivity index (χ0n) is 12.1. The normalized spacial score (nSPS) is 20.4. The maximum absolute atomic E-state index is 12.8. The smallest absolute Gasteiger partial charge is 0.289 e. The van der Waals surface area contributed by atoms with Gasteiger partial charge in [0.05, 0.1) is 4.92 Å². The van der Waals surface area contributed by atoms with Crippen molar-refractivity contribution >= 4 is 15.7 Å². The molecule has 21 heavy (non-hydrogen) atoms. The average molecular weight is 313 g/mol. The maximum atomic E-state index is 12.8. The molecule has 1 fully saturated rings. The van der Waals surface area contributed by atoms with Crippen molar-refractivity contribution in [1.29, 1.82) is 0 Å². The van der Waals surface area contributed by atoms with Crippen molar-refractivity contribution in [1.82, 2.24) is 9.62 Å². The van der Waals surface area contributed by atoms with E-state index in [9.17, 15) is 18.5 Å². The van der Waals surface area contributed by atoms with Crippen molar-refractivity contribution in [2.24, 2.45) is 0 Å². The molecule has 0 saturated carbocycles. The van der Waals surface area contributed by atoms with Crippen LogP contribution in [0.25, 0.3) is 0 Å². The van der Waals surface area contributed by atoms with Crippen molar-refractivity contribution < 1.29 is 13.3 Å². The van der Waals surface area contributed by atoms with Crippen LogP contribution in [-0.4, -0.2) is 43.8 Å². The predicted octanol–water partition coefficient (Wildman–Crippen LogP) is 1.28. The molecule has 1 aliphatic heterocycles. The van der Waals surface area contributed by atoms with Crippen LogP contribution in [0.15, 0.2) is 23.1 Å². The van der Waals surface area contributed by atoms with Gasteiger partial charge in [-0.3, -0.25) is 10.1 Å². The van der Waals surface area contributed by atoms with Gasteiger partial charge >= 0.3 is 0 Å². The molecule has 2 rings (SSSR count). The maximum Gasteiger partial charge on any atom is 0.289 e. The molecule has 7 nitrogen and oxygen atoms in total. The molecule has 0 spiro atoms. The van der Waals surface area contributed by atoms with Crippen LogP contribution in [0.5, 0.6) is 0 Å². The van der Waals surface area contributed by atoms with Crippen LogP contribution < -0.4 is 5.32 Å². The van der Waals surface area contributed by atoms with E-state index in [1.807, 2.05) is 0 Å². The Bertz CT molecular complexity index is 645. The lowest BCUT2D eigenvalue weighted by atomic mass is 10.1. The number of nitrogens with one attached hydrogen (secondary N) is 1. The molecule has 1 saturated heterocycles. The highest BCUT2D eigenvalue weighted by Gasteiger charge is 2.35. The SMILES string of the molecule is CNC1CCCN(S(=O)(=O)c2c(C)cccc2[N+](=O)[O-])C1. The van der Waals surface area contributed by atoms with Crippen LogP contribution in [0.2, 0.25) is 0 Å². The Morgan fingerprint density at radius 2 is 2.14 bits per heavy atom. The number of hydrogen-bond donors (Lipinski definition) is 1. The van der Waals surface area contributed by atoms with Crippen LogP contribution in [0.1, 0.15) is 18.4 Å². The summed E-state index contributed by atoms with van der Waals surface area (Å²) in [6, 6.07) is 4.40. The molecular formula is C13H19N3O4S. The molecule has 0 amide bonds. The summed E-state index contributed by atoms with van der Waals surface area (Å²) in [6.07, 6.45) is 1.64. The molecule has 1 unspecified atom stereocenters. The van der Waals surface area contributed by atoms with E-state index in [2.05, 4.69) is 5.32 Å². The molecule has 116 valence electrons. The second kappa shape index (κ2) is 6.08. The summed E-state index contributed by atoms with van der Waals surface area (Å²) in [7, 11) is -2.07. The van der Waals surface area contributed by atoms with Gasteiger partial charge in [0.1, 0.15) is 0 Å². The fourth-order valence-electron chi connectivity index (χ4n) is 2.64. The standard InChI is InChI=1S/C13H19N3O4S/c1-10-5-3-7-12(16(17)18)13(10)21(19,20)15-8-4-6-11(9-15)14-2/h3,5,7,11,14H,4,6,8-9H2,1-2H3. The monoisotopic (exact) mass is 313 g/mol. The summed E-state index contributed by atoms with van der Waals surface area (Å²) in [4.78, 5) is 10.3. The summed E-state index contributed by atoms with van der Waals surface area (Å²) in [5.41, 5.74) is 0.0392. The quantitative estimate of drug-likeness (QED) is 0.667. The van der Waals surface area contributed by atoms with E-state index >= 15 is 0 Å². The molecule has 1 aliphatic rings. The summed E-state index contributed by atoms with van der Waals surface area (Å²) in [6.45, 7) is 2.32. The highest BCUT2D eigenvalue weighted by molar-refractivity contribution is 7.89. The lowest BCUT2D eigenvalue weighted by Gasteiger charge is -2.31. The number of nitro groups is 1. The number of hydrogen-bond acceptors (Lipinski definition) is 5. The zero-order chi connectivity index (χ0) is 15.6. The number of benzene rings is 1. The minimum absolute atomic E-state index is 0.0802. The lowest BCUT2D eigenvalue weighted by Crippen LogP contribution is -2.47. The molecule has 0 bridgehead atoms. The van der Waals surface area contributed by atoms with Gasteiger partial charge in [-0.25, -0.2) is 8.42 Å². The van der Waals surface area contributed by atoms with E-state index in [0.717, 1.165) is 12.8 Å². The van der Waals surface area contributed by atoms with Crippen LogP contribution >= 0.6 is 0 Å². The number of piperidine rings is 1. The Balaban J connectivity index is 2.47. The molecule has 1 aromatic rings. The van der Waals surface area contributed by atoms with E-state index in [0.29, 0.717) is 18.7 Å². The first-order valence-corrected chi connectivity index (χ1v) is 8.23. The first kappa shape index (κ1) is 15.9. The topological polar surface area (TPSA) is 92.6 Å². The highest BCUT2D eigenvalue weighted by Crippen LogP contribution is 2.31. The average Bonchev–Trinajstić information content (AvgIpc) is 2.46. The van der Waals surface area contributed by atoms with Gasteiger partial charge in [-0.15, -0.1) is 0 Å². The third kappa shape index (κ3) is 3.07. The fourth-order valence-corrected chi connectivity index (χ4v) is 4.53. The fraction of sp³-hybridized carbons (Fsp3) is 0.538. The largest absolute Gasteiger partial charge is 0.316 e. The van der Waals surface area contributed by atoms with Gasteiger partial charge in [0.25, 0.3) is 5.69 Å². The molecule has 1 N–H and O–H groups in total. The number of likely N-dealkylation sites (N-methyl/N-ethyl adjacent to an activating group) is 1. The van der Waals surface area contributed by atoms with Crippen molar-refractivity contribution in [3.05, 3.63) is 33.9 Å². The van der Waals surface area contributed by atoms with Gasteiger partial charge < -0.3 is 5.32 Å². The lowest BCUT2D eigenvalue weighted by molar-refractivity contribution is -0.387. The van der Waals surface area contributed by atoms with Gasteiger partial charge in [0.2, 0.25) is 10.0 Å². The molecule has 1 aromatic carbocycles. The highest BCUT2D eigenvalue weighted by atomic mass is 32.2. The van der Waals surface area contributed by atoms with Crippen LogP contribution in [0.3, 0.4) is 0 Å². The molecule has 8 heteroatoms. The summed E-state index contributed by atoms with van der Waals surface area (Å²) in [5.74, 6) is 0. The number of nitrogens with zero attached hydrogens (tertiary/aromatic N) is 2. The van der Waals surface area contributed by atoms with E-state index in [1.54, 1.807) is 20.0 Å². The Hall–Kier alpha value is -1.51.